The Morgan fingerprint density at radius 3 is 2.69 bits per heavy atom. The third-order valence-electron chi connectivity index (χ3n) is 4.76. The van der Waals surface area contributed by atoms with E-state index in [-0.39, 0.29) is 36.6 Å². The Balaban J connectivity index is 2.18. The number of anilines is 2. The lowest BCUT2D eigenvalue weighted by molar-refractivity contribution is -0.134. The number of ether oxygens (including phenoxy) is 1. The average molecular weight is 502 g/mol. The second-order valence-corrected chi connectivity index (χ2v) is 7.38. The molecule has 2 aromatic rings. The molecule has 192 valence electrons. The smallest absolute Gasteiger partial charge is 0.330 e. The molecule has 0 saturated carbocycles. The SMILES string of the molecule is C=C(CC)NC(=O)Cn1cccc(NC(=O)[C@H](CC/C=C/C(=O)OC)NC(=O)c2nonc2N)c1=O. The number of pyridine rings is 1. The molecule has 14 heteroatoms. The van der Waals surface area contributed by atoms with Crippen molar-refractivity contribution in [3.8, 4) is 0 Å². The van der Waals surface area contributed by atoms with Crippen LogP contribution in [0.15, 0.2) is 52.2 Å². The van der Waals surface area contributed by atoms with Crippen molar-refractivity contribution in [3.63, 3.8) is 0 Å². The minimum atomic E-state index is -1.17. The fraction of sp³-hybridized carbons (Fsp3) is 0.318. The molecule has 0 spiro atoms. The number of hydrogen-bond acceptors (Lipinski definition) is 10. The molecule has 14 nitrogen and oxygen atoms in total. The van der Waals surface area contributed by atoms with E-state index in [9.17, 15) is 24.0 Å². The van der Waals surface area contributed by atoms with Gasteiger partial charge in [-0.3, -0.25) is 19.2 Å². The van der Waals surface area contributed by atoms with Crippen LogP contribution in [0.25, 0.3) is 0 Å². The Morgan fingerprint density at radius 2 is 2.06 bits per heavy atom. The molecule has 0 aliphatic carbocycles. The first-order chi connectivity index (χ1) is 17.2. The van der Waals surface area contributed by atoms with E-state index in [1.165, 1.54) is 37.6 Å². The lowest BCUT2D eigenvalue weighted by atomic mass is 10.1. The van der Waals surface area contributed by atoms with Crippen LogP contribution in [0.4, 0.5) is 11.5 Å². The summed E-state index contributed by atoms with van der Waals surface area (Å²) in [6.45, 7) is 5.21. The number of nitrogens with one attached hydrogen (secondary N) is 3. The first kappa shape index (κ1) is 27.5. The summed E-state index contributed by atoms with van der Waals surface area (Å²) in [5, 5.41) is 14.2. The van der Waals surface area contributed by atoms with E-state index in [0.717, 1.165) is 4.57 Å². The Kier molecular flexibility index (Phi) is 10.1. The maximum atomic E-state index is 13.0. The van der Waals surface area contributed by atoms with Gasteiger partial charge in [0.2, 0.25) is 23.3 Å². The quantitative estimate of drug-likeness (QED) is 0.228. The monoisotopic (exact) mass is 501 g/mol. The zero-order valence-electron chi connectivity index (χ0n) is 19.8. The van der Waals surface area contributed by atoms with E-state index >= 15 is 0 Å². The summed E-state index contributed by atoms with van der Waals surface area (Å²) >= 11 is 0. The highest BCUT2D eigenvalue weighted by atomic mass is 16.6. The minimum Gasteiger partial charge on any atom is -0.466 e. The molecular formula is C22H27N7O7. The Labute approximate surface area is 205 Å². The standard InChI is InChI=1S/C22H27N7O7/c1-4-13(2)24-16(30)12-29-11-7-9-15(22(29)34)26-20(32)14(8-5-6-10-17(31)35-3)25-21(33)18-19(23)28-36-27-18/h6-7,9-11,14H,2,4-5,8,12H2,1,3H3,(H2,23,28)(H,24,30)(H,25,33)(H,26,32)/b10-6+/t14-/m0/s1. The third-order valence-corrected chi connectivity index (χ3v) is 4.76. The number of nitrogens with zero attached hydrogens (tertiary/aromatic N) is 3. The first-order valence-electron chi connectivity index (χ1n) is 10.8. The van der Waals surface area contributed by atoms with Crippen LogP contribution in [0.5, 0.6) is 0 Å². The van der Waals surface area contributed by atoms with Crippen LogP contribution in [0.1, 0.15) is 36.7 Å². The molecule has 0 bridgehead atoms. The van der Waals surface area contributed by atoms with Crippen molar-refractivity contribution in [2.45, 2.75) is 38.8 Å². The van der Waals surface area contributed by atoms with Crippen LogP contribution >= 0.6 is 0 Å². The molecule has 2 rings (SSSR count). The zero-order valence-corrected chi connectivity index (χ0v) is 19.8. The summed E-state index contributed by atoms with van der Waals surface area (Å²) < 4.78 is 10.0. The van der Waals surface area contributed by atoms with Crippen LogP contribution < -0.4 is 27.2 Å². The summed E-state index contributed by atoms with van der Waals surface area (Å²) in [6, 6.07) is 1.67. The number of aromatic nitrogens is 3. The summed E-state index contributed by atoms with van der Waals surface area (Å²) in [4.78, 5) is 61.6. The summed E-state index contributed by atoms with van der Waals surface area (Å²) in [5.41, 5.74) is 4.96. The van der Waals surface area contributed by atoms with Crippen LogP contribution in [0.3, 0.4) is 0 Å². The zero-order chi connectivity index (χ0) is 26.7. The van der Waals surface area contributed by atoms with Gasteiger partial charge in [-0.2, -0.15) is 0 Å². The molecule has 0 aromatic carbocycles. The van der Waals surface area contributed by atoms with Gasteiger partial charge in [-0.25, -0.2) is 9.42 Å². The van der Waals surface area contributed by atoms with Gasteiger partial charge in [0.25, 0.3) is 11.5 Å². The molecule has 2 aromatic heterocycles. The summed E-state index contributed by atoms with van der Waals surface area (Å²) in [5.74, 6) is -2.87. The fourth-order valence-electron chi connectivity index (χ4n) is 2.82. The number of rotatable bonds is 12. The second-order valence-electron chi connectivity index (χ2n) is 7.38. The topological polar surface area (TPSA) is 201 Å². The van der Waals surface area contributed by atoms with Crippen LogP contribution in [-0.2, 0) is 25.7 Å². The molecule has 0 radical (unpaired) electrons. The largest absolute Gasteiger partial charge is 0.466 e. The van der Waals surface area contributed by atoms with E-state index in [1.807, 2.05) is 6.92 Å². The van der Waals surface area contributed by atoms with E-state index in [0.29, 0.717) is 12.1 Å². The van der Waals surface area contributed by atoms with Crippen molar-refractivity contribution in [1.82, 2.24) is 25.5 Å². The van der Waals surface area contributed by atoms with Crippen LogP contribution in [0.2, 0.25) is 0 Å². The van der Waals surface area contributed by atoms with Gasteiger partial charge in [0.05, 0.1) is 7.11 Å². The Morgan fingerprint density at radius 1 is 1.31 bits per heavy atom. The maximum Gasteiger partial charge on any atom is 0.330 e. The molecule has 1 atom stereocenters. The number of nitrogen functional groups attached to an aromatic ring is 1. The summed E-state index contributed by atoms with van der Waals surface area (Å²) in [7, 11) is 1.22. The molecule has 5 N–H and O–H groups in total. The molecule has 0 fully saturated rings. The average Bonchev–Trinajstić information content (AvgIpc) is 3.28. The molecule has 0 aliphatic rings. The van der Waals surface area contributed by atoms with Crippen LogP contribution in [-0.4, -0.2) is 51.7 Å². The van der Waals surface area contributed by atoms with Gasteiger partial charge in [-0.1, -0.05) is 19.6 Å². The third kappa shape index (κ3) is 7.93. The molecule has 0 aliphatic heterocycles. The van der Waals surface area contributed by atoms with Crippen molar-refractivity contribution < 1.29 is 28.5 Å². The molecule has 3 amide bonds. The van der Waals surface area contributed by atoms with Gasteiger partial charge in [-0.15, -0.1) is 0 Å². The summed E-state index contributed by atoms with van der Waals surface area (Å²) in [6.07, 6.45) is 4.80. The maximum absolute atomic E-state index is 13.0. The fourth-order valence-corrected chi connectivity index (χ4v) is 2.82. The number of amides is 3. The van der Waals surface area contributed by atoms with Crippen molar-refractivity contribution in [2.75, 3.05) is 18.2 Å². The van der Waals surface area contributed by atoms with E-state index in [1.54, 1.807) is 0 Å². The molecule has 0 unspecified atom stereocenters. The Hall–Kier alpha value is -4.75. The van der Waals surface area contributed by atoms with Crippen molar-refractivity contribution in [3.05, 3.63) is 58.8 Å². The van der Waals surface area contributed by atoms with E-state index in [2.05, 4.69) is 42.2 Å². The van der Waals surface area contributed by atoms with Gasteiger partial charge < -0.3 is 31.0 Å². The van der Waals surface area contributed by atoms with Crippen molar-refractivity contribution >= 4 is 35.2 Å². The van der Waals surface area contributed by atoms with Gasteiger partial charge in [0.1, 0.15) is 18.3 Å². The number of carbonyl (C=O) groups is 4. The predicted molar refractivity (Wildman–Crippen MR) is 127 cm³/mol. The van der Waals surface area contributed by atoms with E-state index < -0.39 is 35.3 Å². The number of allylic oxidation sites excluding steroid dienone is 2. The first-order valence-corrected chi connectivity index (χ1v) is 10.8. The normalized spacial score (nSPS) is 11.5. The predicted octanol–water partition coefficient (Wildman–Crippen LogP) is 0.0999. The van der Waals surface area contributed by atoms with Gasteiger partial charge in [0.15, 0.2) is 0 Å². The van der Waals surface area contributed by atoms with Gasteiger partial charge in [0, 0.05) is 18.0 Å². The molecule has 36 heavy (non-hydrogen) atoms. The minimum absolute atomic E-state index is 0.0405. The molecule has 0 saturated heterocycles. The highest BCUT2D eigenvalue weighted by Gasteiger charge is 2.25. The van der Waals surface area contributed by atoms with Crippen LogP contribution in [0, 0.1) is 0 Å². The van der Waals surface area contributed by atoms with Gasteiger partial charge in [-0.05, 0) is 41.7 Å². The number of methoxy groups -OCH3 is 1. The van der Waals surface area contributed by atoms with E-state index in [4.69, 9.17) is 5.73 Å². The Bertz CT molecular complexity index is 1220. The second kappa shape index (κ2) is 13.2. The highest BCUT2D eigenvalue weighted by Crippen LogP contribution is 2.09. The highest BCUT2D eigenvalue weighted by molar-refractivity contribution is 6.01. The van der Waals surface area contributed by atoms with Crippen molar-refractivity contribution in [2.24, 2.45) is 0 Å². The lowest BCUT2D eigenvalue weighted by Gasteiger charge is -2.17. The number of nitrogens with two attached hydrogens (primary N) is 1. The molecular weight excluding hydrogens is 474 g/mol. The van der Waals surface area contributed by atoms with Crippen molar-refractivity contribution in [1.29, 1.82) is 0 Å². The van der Waals surface area contributed by atoms with Gasteiger partial charge >= 0.3 is 5.97 Å². The number of carbonyl (C=O) groups excluding carboxylic acids is 4. The number of hydrogen-bond donors (Lipinski definition) is 4. The number of esters is 1. The molecule has 2 heterocycles. The lowest BCUT2D eigenvalue weighted by Crippen LogP contribution is -2.45.